The summed E-state index contributed by atoms with van der Waals surface area (Å²) in [6.45, 7) is 2.22. The van der Waals surface area contributed by atoms with Crippen LogP contribution >= 0.6 is 0 Å². The Hall–Kier alpha value is -2.22. The lowest BCUT2D eigenvalue weighted by molar-refractivity contribution is 0.511. The molecule has 0 atom stereocenters. The monoisotopic (exact) mass is 324 g/mol. The molecule has 0 heterocycles. The van der Waals surface area contributed by atoms with Crippen LogP contribution < -0.4 is 0 Å². The number of hydrogen-bond acceptors (Lipinski definition) is 0. The number of rotatable bonds is 6. The molecular formula is C22H22F2. The number of halogens is 2. The van der Waals surface area contributed by atoms with Gasteiger partial charge in [0.1, 0.15) is 0 Å². The average Bonchev–Trinajstić information content (AvgIpc) is 2.60. The predicted octanol–water partition coefficient (Wildman–Crippen LogP) is 6.91. The van der Waals surface area contributed by atoms with E-state index in [-0.39, 0.29) is 0 Å². The molecule has 0 aliphatic carbocycles. The molecule has 124 valence electrons. The van der Waals surface area contributed by atoms with Crippen LogP contribution in [0, 0.1) is 11.6 Å². The highest BCUT2D eigenvalue weighted by molar-refractivity contribution is 5.87. The lowest BCUT2D eigenvalue weighted by Gasteiger charge is -2.07. The smallest absolute Gasteiger partial charge is 0.159 e. The van der Waals surface area contributed by atoms with E-state index in [1.54, 1.807) is 0 Å². The zero-order valence-electron chi connectivity index (χ0n) is 14.0. The fourth-order valence-corrected chi connectivity index (χ4v) is 3.04. The van der Waals surface area contributed by atoms with Crippen LogP contribution in [-0.2, 0) is 6.42 Å². The van der Waals surface area contributed by atoms with Crippen LogP contribution in [-0.4, -0.2) is 0 Å². The quantitative estimate of drug-likeness (QED) is 0.432. The molecule has 0 saturated carbocycles. The molecular weight excluding hydrogens is 302 g/mol. The second-order valence-electron chi connectivity index (χ2n) is 6.34. The van der Waals surface area contributed by atoms with Crippen molar-refractivity contribution in [1.82, 2.24) is 0 Å². The molecule has 3 rings (SSSR count). The van der Waals surface area contributed by atoms with Gasteiger partial charge in [-0.15, -0.1) is 0 Å². The summed E-state index contributed by atoms with van der Waals surface area (Å²) >= 11 is 0. The van der Waals surface area contributed by atoms with Gasteiger partial charge in [-0.2, -0.15) is 0 Å². The van der Waals surface area contributed by atoms with Crippen molar-refractivity contribution in [2.75, 3.05) is 0 Å². The molecule has 0 nitrogen and oxygen atoms in total. The number of hydrogen-bond donors (Lipinski definition) is 0. The zero-order chi connectivity index (χ0) is 16.9. The third kappa shape index (κ3) is 3.81. The molecule has 0 aromatic heterocycles. The van der Waals surface area contributed by atoms with Crippen LogP contribution in [0.4, 0.5) is 8.78 Å². The lowest BCUT2D eigenvalue weighted by atomic mass is 9.99. The molecule has 3 aromatic rings. The average molecular weight is 324 g/mol. The van der Waals surface area contributed by atoms with Gasteiger partial charge in [-0.05, 0) is 58.5 Å². The van der Waals surface area contributed by atoms with Crippen molar-refractivity contribution in [3.63, 3.8) is 0 Å². The Bertz CT molecular complexity index is 819. The second kappa shape index (κ2) is 7.57. The third-order valence-electron chi connectivity index (χ3n) is 4.49. The second-order valence-corrected chi connectivity index (χ2v) is 6.34. The Morgan fingerprint density at radius 3 is 2.04 bits per heavy atom. The maximum absolute atomic E-state index is 13.4. The summed E-state index contributed by atoms with van der Waals surface area (Å²) in [5, 5.41) is 1.43. The number of aryl methyl sites for hydroxylation is 1. The van der Waals surface area contributed by atoms with E-state index in [0.29, 0.717) is 5.39 Å². The van der Waals surface area contributed by atoms with Crippen molar-refractivity contribution in [2.24, 2.45) is 0 Å². The first-order valence-corrected chi connectivity index (χ1v) is 8.65. The molecule has 0 radical (unpaired) electrons. The Morgan fingerprint density at radius 1 is 0.667 bits per heavy atom. The minimum absolute atomic E-state index is 0.713. The molecule has 0 aliphatic rings. The topological polar surface area (TPSA) is 0 Å². The number of fused-ring (bicyclic) bond motifs is 1. The first-order valence-electron chi connectivity index (χ1n) is 8.65. The Morgan fingerprint density at radius 2 is 1.33 bits per heavy atom. The van der Waals surface area contributed by atoms with Gasteiger partial charge in [0, 0.05) is 0 Å². The fraction of sp³-hybridized carbons (Fsp3) is 0.273. The molecule has 0 aliphatic heterocycles. The first kappa shape index (κ1) is 16.6. The molecule has 0 saturated heterocycles. The molecule has 0 fully saturated rings. The van der Waals surface area contributed by atoms with Gasteiger partial charge in [-0.3, -0.25) is 0 Å². The standard InChI is InChI=1S/C22H22F2/c1-2-3-4-5-6-16-7-9-17(10-8-16)18-11-12-19-14-21(23)22(24)15-20(19)13-18/h7-15H,2-6H2,1H3. The van der Waals surface area contributed by atoms with Crippen LogP contribution in [0.3, 0.4) is 0 Å². The van der Waals surface area contributed by atoms with Gasteiger partial charge >= 0.3 is 0 Å². The molecule has 0 unspecified atom stereocenters. The van der Waals surface area contributed by atoms with Gasteiger partial charge in [0.15, 0.2) is 11.6 Å². The molecule has 0 bridgehead atoms. The summed E-state index contributed by atoms with van der Waals surface area (Å²) in [5.41, 5.74) is 3.47. The minimum atomic E-state index is -0.804. The zero-order valence-corrected chi connectivity index (χ0v) is 14.0. The molecule has 0 spiro atoms. The van der Waals surface area contributed by atoms with Crippen LogP contribution in [0.15, 0.2) is 54.6 Å². The lowest BCUT2D eigenvalue weighted by Crippen LogP contribution is -1.87. The van der Waals surface area contributed by atoms with Crippen LogP contribution in [0.5, 0.6) is 0 Å². The van der Waals surface area contributed by atoms with Gasteiger partial charge < -0.3 is 0 Å². The van der Waals surface area contributed by atoms with Gasteiger partial charge in [0.25, 0.3) is 0 Å². The van der Waals surface area contributed by atoms with Crippen molar-refractivity contribution >= 4 is 10.8 Å². The van der Waals surface area contributed by atoms with Crippen LogP contribution in [0.2, 0.25) is 0 Å². The van der Waals surface area contributed by atoms with Crippen LogP contribution in [0.25, 0.3) is 21.9 Å². The minimum Gasteiger partial charge on any atom is -0.204 e. The third-order valence-corrected chi connectivity index (χ3v) is 4.49. The first-order chi connectivity index (χ1) is 11.7. The molecule has 3 aromatic carbocycles. The van der Waals surface area contributed by atoms with Gasteiger partial charge in [0.05, 0.1) is 0 Å². The Labute approximate surface area is 142 Å². The van der Waals surface area contributed by atoms with Crippen LogP contribution in [0.1, 0.15) is 38.2 Å². The summed E-state index contributed by atoms with van der Waals surface area (Å²) in [7, 11) is 0. The summed E-state index contributed by atoms with van der Waals surface area (Å²) in [5.74, 6) is -1.61. The van der Waals surface area contributed by atoms with E-state index in [9.17, 15) is 8.78 Å². The largest absolute Gasteiger partial charge is 0.204 e. The number of unbranched alkanes of at least 4 members (excludes halogenated alkanes) is 3. The normalized spacial score (nSPS) is 11.1. The van der Waals surface area contributed by atoms with Crippen molar-refractivity contribution in [3.8, 4) is 11.1 Å². The molecule has 24 heavy (non-hydrogen) atoms. The summed E-state index contributed by atoms with van der Waals surface area (Å²) in [6, 6.07) is 16.7. The van der Waals surface area contributed by atoms with Gasteiger partial charge in [0.2, 0.25) is 0 Å². The van der Waals surface area contributed by atoms with Crippen molar-refractivity contribution in [3.05, 3.63) is 71.8 Å². The Balaban J connectivity index is 1.78. The fourth-order valence-electron chi connectivity index (χ4n) is 3.04. The molecule has 0 amide bonds. The van der Waals surface area contributed by atoms with E-state index in [2.05, 4.69) is 31.2 Å². The maximum Gasteiger partial charge on any atom is 0.159 e. The summed E-state index contributed by atoms with van der Waals surface area (Å²) in [4.78, 5) is 0. The summed E-state index contributed by atoms with van der Waals surface area (Å²) < 4.78 is 26.7. The van der Waals surface area contributed by atoms with E-state index in [4.69, 9.17) is 0 Å². The van der Waals surface area contributed by atoms with Crippen molar-refractivity contribution < 1.29 is 8.78 Å². The Kier molecular flexibility index (Phi) is 5.24. The van der Waals surface area contributed by atoms with Gasteiger partial charge in [-0.25, -0.2) is 8.78 Å². The van der Waals surface area contributed by atoms with E-state index < -0.39 is 11.6 Å². The summed E-state index contributed by atoms with van der Waals surface area (Å²) in [6.07, 6.45) is 6.18. The van der Waals surface area contributed by atoms with Crippen molar-refractivity contribution in [1.29, 1.82) is 0 Å². The van der Waals surface area contributed by atoms with E-state index in [1.807, 2.05) is 18.2 Å². The van der Waals surface area contributed by atoms with Gasteiger partial charge in [-0.1, -0.05) is 62.6 Å². The van der Waals surface area contributed by atoms with E-state index in [1.165, 1.54) is 43.4 Å². The highest BCUT2D eigenvalue weighted by Crippen LogP contribution is 2.26. The highest BCUT2D eigenvalue weighted by atomic mass is 19.2. The SMILES string of the molecule is CCCCCCc1ccc(-c2ccc3cc(F)c(F)cc3c2)cc1. The van der Waals surface area contributed by atoms with E-state index >= 15 is 0 Å². The highest BCUT2D eigenvalue weighted by Gasteiger charge is 2.06. The predicted molar refractivity (Wildman–Crippen MR) is 97.1 cm³/mol. The maximum atomic E-state index is 13.4. The van der Waals surface area contributed by atoms with Crippen molar-refractivity contribution in [2.45, 2.75) is 39.0 Å². The number of benzene rings is 3. The van der Waals surface area contributed by atoms with E-state index in [0.717, 1.165) is 22.9 Å². The molecule has 0 N–H and O–H groups in total. The molecule has 2 heteroatoms.